The van der Waals surface area contributed by atoms with Crippen molar-refractivity contribution in [2.75, 3.05) is 0 Å². The zero-order valence-electron chi connectivity index (χ0n) is 19.3. The summed E-state index contributed by atoms with van der Waals surface area (Å²) in [7, 11) is 0. The van der Waals surface area contributed by atoms with Gasteiger partial charge in [0, 0.05) is 0 Å². The molecule has 0 fully saturated rings. The van der Waals surface area contributed by atoms with E-state index in [-0.39, 0.29) is 0 Å². The van der Waals surface area contributed by atoms with E-state index >= 15 is 0 Å². The summed E-state index contributed by atoms with van der Waals surface area (Å²) in [5.41, 5.74) is 3.92. The summed E-state index contributed by atoms with van der Waals surface area (Å²) in [5, 5.41) is 0. The molecule has 0 saturated carbocycles. The summed E-state index contributed by atoms with van der Waals surface area (Å²) >= 11 is -2.52. The van der Waals surface area contributed by atoms with Gasteiger partial charge in [-0.1, -0.05) is 0 Å². The number of rotatable bonds is 10. The fraction of sp³-hybridized carbons (Fsp3) is 0.909. The molecule has 0 radical (unpaired) electrons. The van der Waals surface area contributed by atoms with Crippen LogP contribution in [0.5, 0.6) is 0 Å². The minimum absolute atomic E-state index is 0.594. The molecule has 1 heterocycles. The Hall–Kier alpha value is 0.669. The van der Waals surface area contributed by atoms with Crippen molar-refractivity contribution >= 4 is 31.8 Å². The number of hydrogen-bond donors (Lipinski definition) is 0. The molecule has 0 unspecified atom stereocenters. The van der Waals surface area contributed by atoms with Crippen LogP contribution in [0.1, 0.15) is 81.1 Å². The zero-order valence-corrected chi connectivity index (χ0v) is 22.2. The quantitative estimate of drug-likeness (QED) is 0.232. The van der Waals surface area contributed by atoms with Crippen LogP contribution in [0.15, 0.2) is 11.1 Å². The number of allylic oxidation sites excluding steroid dienone is 2. The second-order valence-electron chi connectivity index (χ2n) is 8.97. The van der Waals surface area contributed by atoms with Gasteiger partial charge in [-0.15, -0.1) is 0 Å². The van der Waals surface area contributed by atoms with E-state index in [0.29, 0.717) is 6.66 Å². The van der Waals surface area contributed by atoms with Crippen LogP contribution < -0.4 is 0 Å². The third kappa shape index (κ3) is 3.03. The second-order valence-corrected chi connectivity index (χ2v) is 23.3. The van der Waals surface area contributed by atoms with Crippen molar-refractivity contribution in [3.8, 4) is 0 Å². The maximum absolute atomic E-state index is 2.87. The van der Waals surface area contributed by atoms with E-state index in [1.54, 1.807) is 0 Å². The predicted molar refractivity (Wildman–Crippen MR) is 124 cm³/mol. The Bertz CT molecular complexity index is 423. The normalized spacial score (nSPS) is 28.6. The van der Waals surface area contributed by atoms with Crippen molar-refractivity contribution in [2.24, 2.45) is 0 Å². The van der Waals surface area contributed by atoms with Crippen molar-refractivity contribution in [2.45, 2.75) is 123 Å². The van der Waals surface area contributed by atoms with E-state index < -0.39 is 18.4 Å². The average Bonchev–Trinajstić information content (AvgIpc) is 2.79. The fourth-order valence-corrected chi connectivity index (χ4v) is 29.8. The predicted octanol–water partition coefficient (Wildman–Crippen LogP) is 8.27. The van der Waals surface area contributed by atoms with Gasteiger partial charge in [0.2, 0.25) is 0 Å². The van der Waals surface area contributed by atoms with Gasteiger partial charge in [-0.3, -0.25) is 0 Å². The molecule has 1 aliphatic rings. The van der Waals surface area contributed by atoms with Gasteiger partial charge >= 0.3 is 166 Å². The van der Waals surface area contributed by atoms with Crippen molar-refractivity contribution in [3.63, 3.8) is 0 Å². The van der Waals surface area contributed by atoms with Crippen LogP contribution in [0.4, 0.5) is 0 Å². The van der Waals surface area contributed by atoms with Crippen LogP contribution >= 0.6 is 0 Å². The molecule has 0 amide bonds. The Morgan fingerprint density at radius 3 is 1.04 bits per heavy atom. The van der Waals surface area contributed by atoms with Crippen molar-refractivity contribution in [1.82, 2.24) is 0 Å². The van der Waals surface area contributed by atoms with Gasteiger partial charge in [-0.2, -0.15) is 0 Å². The molecule has 1 rings (SSSR count). The van der Waals surface area contributed by atoms with Crippen LogP contribution in [0.3, 0.4) is 0 Å². The summed E-state index contributed by atoms with van der Waals surface area (Å²) < 4.78 is 1.19. The van der Waals surface area contributed by atoms with Gasteiger partial charge < -0.3 is 0 Å². The summed E-state index contributed by atoms with van der Waals surface area (Å²) in [4.78, 5) is 5.74. The molecule has 0 N–H and O–H groups in total. The van der Waals surface area contributed by atoms with E-state index in [4.69, 9.17) is 0 Å². The topological polar surface area (TPSA) is 0 Å². The summed E-state index contributed by atoms with van der Waals surface area (Å²) in [5.74, 6) is 0. The van der Waals surface area contributed by atoms with Crippen LogP contribution in [-0.4, -0.2) is 31.8 Å². The van der Waals surface area contributed by atoms with Gasteiger partial charge in [0.25, 0.3) is 0 Å². The maximum atomic E-state index is 2.87. The SMILES string of the molecule is CCB(CC)[C@@]1(CC)C(CC)=C(CC)[C@@](CC)(B(CC)CC)[Sn]1([CH3])[CH3]. The van der Waals surface area contributed by atoms with Crippen molar-refractivity contribution in [3.05, 3.63) is 11.1 Å². The van der Waals surface area contributed by atoms with Crippen LogP contribution in [0.25, 0.3) is 0 Å². The molecule has 0 aromatic heterocycles. The van der Waals surface area contributed by atoms with Gasteiger partial charge in [0.15, 0.2) is 0 Å². The molecular weight excluding hydrogens is 405 g/mol. The van der Waals surface area contributed by atoms with Crippen LogP contribution in [-0.2, 0) is 0 Å². The third-order valence-corrected chi connectivity index (χ3v) is 27.7. The first-order valence-electron chi connectivity index (χ1n) is 11.5. The average molecular weight is 451 g/mol. The molecule has 0 spiro atoms. The summed E-state index contributed by atoms with van der Waals surface area (Å²) in [6, 6.07) is 0. The van der Waals surface area contributed by atoms with Crippen molar-refractivity contribution in [1.29, 1.82) is 0 Å². The molecule has 0 bridgehead atoms. The number of hydrogen-bond acceptors (Lipinski definition) is 0. The molecule has 1 aliphatic heterocycles. The molecule has 0 saturated heterocycles. The first kappa shape index (κ1) is 23.7. The van der Waals surface area contributed by atoms with Gasteiger partial charge in [0.05, 0.1) is 0 Å². The fourth-order valence-electron chi connectivity index (χ4n) is 8.12. The standard InChI is InChI=1S/C20H40B2.2CH3.Sn/c1-9-17(19(11-3)21(13-5)14-6)18(10-2)20(12-4)22(15-7)16-8;;;/h9-16H2,1-8H3;2*1H3;. The zero-order chi connectivity index (χ0) is 19.5. The van der Waals surface area contributed by atoms with E-state index in [0.717, 1.165) is 13.4 Å². The Labute approximate surface area is 165 Å². The molecule has 0 aliphatic carbocycles. The molecule has 25 heavy (non-hydrogen) atoms. The Balaban J connectivity index is 3.93. The first-order chi connectivity index (χ1) is 11.8. The monoisotopic (exact) mass is 452 g/mol. The van der Waals surface area contributed by atoms with E-state index in [1.165, 1.54) is 51.0 Å². The molecule has 3 heteroatoms. The van der Waals surface area contributed by atoms with Crippen molar-refractivity contribution < 1.29 is 0 Å². The molecular formula is C22H46B2Sn. The Morgan fingerprint density at radius 2 is 0.880 bits per heavy atom. The first-order valence-corrected chi connectivity index (χ1v) is 20.1. The van der Waals surface area contributed by atoms with Crippen LogP contribution in [0, 0.1) is 0 Å². The summed E-state index contributed by atoms with van der Waals surface area (Å²) in [6.45, 7) is 21.7. The van der Waals surface area contributed by atoms with Gasteiger partial charge in [-0.05, 0) is 0 Å². The van der Waals surface area contributed by atoms with E-state index in [2.05, 4.69) is 65.3 Å². The summed E-state index contributed by atoms with van der Waals surface area (Å²) in [6.07, 6.45) is 10.9. The van der Waals surface area contributed by atoms with E-state index in [1.807, 2.05) is 11.1 Å². The van der Waals surface area contributed by atoms with E-state index in [9.17, 15) is 0 Å². The molecule has 0 aromatic carbocycles. The Kier molecular flexibility index (Phi) is 8.76. The third-order valence-electron chi connectivity index (χ3n) is 8.86. The second kappa shape index (κ2) is 9.24. The molecule has 2 atom stereocenters. The van der Waals surface area contributed by atoms with Gasteiger partial charge in [-0.25, -0.2) is 0 Å². The molecule has 144 valence electrons. The Morgan fingerprint density at radius 1 is 0.600 bits per heavy atom. The van der Waals surface area contributed by atoms with Crippen LogP contribution in [0.2, 0.25) is 41.8 Å². The molecule has 0 aromatic rings. The van der Waals surface area contributed by atoms with Gasteiger partial charge in [0.1, 0.15) is 0 Å². The molecule has 0 nitrogen and oxygen atoms in total. The minimum atomic E-state index is -2.52.